The minimum Gasteiger partial charge on any atom is -0.383 e. The molecule has 2 N–H and O–H groups in total. The van der Waals surface area contributed by atoms with E-state index in [2.05, 4.69) is 26.1 Å². The molecule has 1 aliphatic carbocycles. The second kappa shape index (κ2) is 8.88. The van der Waals surface area contributed by atoms with Crippen LogP contribution in [0.3, 0.4) is 0 Å². The predicted octanol–water partition coefficient (Wildman–Crippen LogP) is 2.25. The Morgan fingerprint density at radius 2 is 1.96 bits per heavy atom. The summed E-state index contributed by atoms with van der Waals surface area (Å²) < 4.78 is 2.07. The topological polar surface area (TPSA) is 70.4 Å². The van der Waals surface area contributed by atoms with Gasteiger partial charge in [-0.3, -0.25) is 14.4 Å². The van der Waals surface area contributed by atoms with Crippen LogP contribution in [0.25, 0.3) is 0 Å². The molecule has 0 unspecified atom stereocenters. The van der Waals surface area contributed by atoms with E-state index < -0.39 is 6.10 Å². The van der Waals surface area contributed by atoms with Crippen LogP contribution >= 0.6 is 0 Å². The Bertz CT molecular complexity index is 783. The Morgan fingerprint density at radius 1 is 1.18 bits per heavy atom. The van der Waals surface area contributed by atoms with E-state index in [0.717, 1.165) is 30.9 Å². The fraction of sp³-hybridized carbons (Fsp3) is 0.545. The number of benzene rings is 1. The number of aromatic nitrogens is 2. The maximum Gasteiger partial charge on any atom is 0.249 e. The third-order valence-electron chi connectivity index (χ3n) is 5.99. The first-order valence-electron chi connectivity index (χ1n) is 10.5. The van der Waals surface area contributed by atoms with Gasteiger partial charge in [0, 0.05) is 25.6 Å². The van der Waals surface area contributed by atoms with Crippen molar-refractivity contribution >= 4 is 5.91 Å². The molecule has 0 radical (unpaired) electrons. The highest BCUT2D eigenvalue weighted by atomic mass is 16.3. The summed E-state index contributed by atoms with van der Waals surface area (Å²) in [5, 5.41) is 17.6. The summed E-state index contributed by atoms with van der Waals surface area (Å²) in [5.74, 6) is -0.348. The number of carbonyl (C=O) groups is 1. The van der Waals surface area contributed by atoms with Crippen LogP contribution < -0.4 is 5.32 Å². The van der Waals surface area contributed by atoms with E-state index in [9.17, 15) is 9.90 Å². The molecular weight excluding hydrogens is 352 g/mol. The molecule has 1 aliphatic heterocycles. The number of nitrogens with one attached hydrogen (secondary N) is 1. The molecule has 4 rings (SSSR count). The number of fused-ring (bicyclic) bond motifs is 1. The Kier molecular flexibility index (Phi) is 6.07. The van der Waals surface area contributed by atoms with Crippen molar-refractivity contribution in [2.45, 2.75) is 70.3 Å². The first-order chi connectivity index (χ1) is 13.7. The van der Waals surface area contributed by atoms with E-state index in [4.69, 9.17) is 0 Å². The van der Waals surface area contributed by atoms with Crippen LogP contribution in [0.15, 0.2) is 36.4 Å². The van der Waals surface area contributed by atoms with Gasteiger partial charge < -0.3 is 10.4 Å². The van der Waals surface area contributed by atoms with Crippen LogP contribution in [0.4, 0.5) is 0 Å². The average molecular weight is 383 g/mol. The average Bonchev–Trinajstić information content (AvgIpc) is 3.15. The second-order valence-corrected chi connectivity index (χ2v) is 8.04. The lowest BCUT2D eigenvalue weighted by Crippen LogP contribution is -2.42. The maximum absolute atomic E-state index is 12.2. The van der Waals surface area contributed by atoms with Crippen molar-refractivity contribution in [1.29, 1.82) is 0 Å². The second-order valence-electron chi connectivity index (χ2n) is 8.04. The van der Waals surface area contributed by atoms with E-state index in [1.54, 1.807) is 0 Å². The van der Waals surface area contributed by atoms with Crippen molar-refractivity contribution in [1.82, 2.24) is 20.0 Å². The molecule has 28 heavy (non-hydrogen) atoms. The van der Waals surface area contributed by atoms with Gasteiger partial charge in [-0.05, 0) is 24.5 Å². The first kappa shape index (κ1) is 19.2. The molecule has 150 valence electrons. The summed E-state index contributed by atoms with van der Waals surface area (Å²) >= 11 is 0. The van der Waals surface area contributed by atoms with Crippen molar-refractivity contribution in [3.05, 3.63) is 53.3 Å². The molecular formula is C22H30N4O2. The summed E-state index contributed by atoms with van der Waals surface area (Å²) in [7, 11) is 0. The van der Waals surface area contributed by atoms with Gasteiger partial charge in [-0.25, -0.2) is 0 Å². The molecule has 0 spiro atoms. The standard InChI is InChI=1S/C22H30N4O2/c27-21(13-17-7-3-1-4-8-17)22(28)23-15-18-14-20-16-25(11-12-26(20)24-18)19-9-5-2-6-10-19/h1,3-4,7-8,14,19,21,27H,2,5-6,9-13,15-16H2,(H,23,28)/t21-/m0/s1. The smallest absolute Gasteiger partial charge is 0.249 e. The van der Waals surface area contributed by atoms with Gasteiger partial charge in [0.25, 0.3) is 0 Å². The fourth-order valence-electron chi connectivity index (χ4n) is 4.42. The molecule has 2 aromatic rings. The van der Waals surface area contributed by atoms with E-state index >= 15 is 0 Å². The lowest BCUT2D eigenvalue weighted by atomic mass is 9.94. The van der Waals surface area contributed by atoms with E-state index in [-0.39, 0.29) is 5.91 Å². The number of hydrogen-bond acceptors (Lipinski definition) is 4. The van der Waals surface area contributed by atoms with Gasteiger partial charge in [0.1, 0.15) is 6.10 Å². The number of hydrogen-bond donors (Lipinski definition) is 2. The summed E-state index contributed by atoms with van der Waals surface area (Å²) in [6, 6.07) is 12.4. The van der Waals surface area contributed by atoms with E-state index in [0.29, 0.717) is 19.0 Å². The Morgan fingerprint density at radius 3 is 2.75 bits per heavy atom. The van der Waals surface area contributed by atoms with Crippen LogP contribution in [0, 0.1) is 0 Å². The van der Waals surface area contributed by atoms with Crippen LogP contribution in [0.5, 0.6) is 0 Å². The zero-order chi connectivity index (χ0) is 19.3. The third-order valence-corrected chi connectivity index (χ3v) is 5.99. The fourth-order valence-corrected chi connectivity index (χ4v) is 4.42. The number of aliphatic hydroxyl groups is 1. The van der Waals surface area contributed by atoms with Crippen molar-refractivity contribution in [3.8, 4) is 0 Å². The lowest BCUT2D eigenvalue weighted by Gasteiger charge is -2.36. The molecule has 2 aliphatic rings. The number of rotatable bonds is 6. The molecule has 0 saturated heterocycles. The van der Waals surface area contributed by atoms with Crippen LogP contribution in [0.2, 0.25) is 0 Å². The van der Waals surface area contributed by atoms with Gasteiger partial charge in [0.05, 0.1) is 24.5 Å². The molecule has 1 fully saturated rings. The lowest BCUT2D eigenvalue weighted by molar-refractivity contribution is -0.129. The van der Waals surface area contributed by atoms with Gasteiger partial charge in [0.2, 0.25) is 5.91 Å². The number of amides is 1. The quantitative estimate of drug-likeness (QED) is 0.804. The van der Waals surface area contributed by atoms with Gasteiger partial charge in [-0.2, -0.15) is 5.10 Å². The predicted molar refractivity (Wildman–Crippen MR) is 108 cm³/mol. The molecule has 1 aromatic heterocycles. The van der Waals surface area contributed by atoms with Crippen molar-refractivity contribution < 1.29 is 9.90 Å². The van der Waals surface area contributed by atoms with Crippen LogP contribution in [-0.2, 0) is 30.8 Å². The van der Waals surface area contributed by atoms with Crippen LogP contribution in [0.1, 0.15) is 49.1 Å². The Balaban J connectivity index is 1.29. The van der Waals surface area contributed by atoms with Gasteiger partial charge in [-0.1, -0.05) is 49.6 Å². The monoisotopic (exact) mass is 382 g/mol. The SMILES string of the molecule is O=C(NCc1cc2n(n1)CCN(C1CCCCC1)C2)[C@@H](O)Cc1ccccc1. The molecule has 1 saturated carbocycles. The number of carbonyl (C=O) groups excluding carboxylic acids is 1. The summed E-state index contributed by atoms with van der Waals surface area (Å²) in [5.41, 5.74) is 3.04. The van der Waals surface area contributed by atoms with Crippen molar-refractivity contribution in [2.75, 3.05) is 6.54 Å². The van der Waals surface area contributed by atoms with Gasteiger partial charge in [-0.15, -0.1) is 0 Å². The molecule has 1 aromatic carbocycles. The van der Waals surface area contributed by atoms with Gasteiger partial charge >= 0.3 is 0 Å². The molecule has 2 heterocycles. The minimum atomic E-state index is -1.04. The number of nitrogens with zero attached hydrogens (tertiary/aromatic N) is 3. The normalized spacial score (nSPS) is 19.2. The zero-order valence-corrected chi connectivity index (χ0v) is 16.4. The largest absolute Gasteiger partial charge is 0.383 e. The zero-order valence-electron chi connectivity index (χ0n) is 16.4. The maximum atomic E-state index is 12.2. The summed E-state index contributed by atoms with van der Waals surface area (Å²) in [6.07, 6.45) is 5.99. The van der Waals surface area contributed by atoms with Crippen molar-refractivity contribution in [2.24, 2.45) is 0 Å². The molecule has 1 atom stereocenters. The van der Waals surface area contributed by atoms with Crippen molar-refractivity contribution in [3.63, 3.8) is 0 Å². The highest BCUT2D eigenvalue weighted by Gasteiger charge is 2.26. The molecule has 1 amide bonds. The number of aliphatic hydroxyl groups excluding tert-OH is 1. The Labute approximate surface area is 166 Å². The molecule has 6 nitrogen and oxygen atoms in total. The molecule has 6 heteroatoms. The summed E-state index contributed by atoms with van der Waals surface area (Å²) in [4.78, 5) is 14.8. The highest BCUT2D eigenvalue weighted by Crippen LogP contribution is 2.26. The summed E-state index contributed by atoms with van der Waals surface area (Å²) in [6.45, 7) is 3.27. The Hall–Kier alpha value is -2.18. The van der Waals surface area contributed by atoms with Crippen LogP contribution in [-0.4, -0.2) is 44.4 Å². The minimum absolute atomic E-state index is 0.322. The van der Waals surface area contributed by atoms with E-state index in [1.165, 1.54) is 37.8 Å². The third kappa shape index (κ3) is 4.62. The molecule has 0 bridgehead atoms. The van der Waals surface area contributed by atoms with E-state index in [1.807, 2.05) is 30.3 Å². The highest BCUT2D eigenvalue weighted by molar-refractivity contribution is 5.80. The first-order valence-corrected chi connectivity index (χ1v) is 10.5. The van der Waals surface area contributed by atoms with Gasteiger partial charge in [0.15, 0.2) is 0 Å².